The molecule has 0 fully saturated rings. The summed E-state index contributed by atoms with van der Waals surface area (Å²) in [6.07, 6.45) is -7.40. The Balaban J connectivity index is 1.96. The van der Waals surface area contributed by atoms with Gasteiger partial charge in [0.05, 0.1) is 34.8 Å². The van der Waals surface area contributed by atoms with Crippen molar-refractivity contribution in [3.63, 3.8) is 0 Å². The van der Waals surface area contributed by atoms with Crippen LogP contribution in [0.5, 0.6) is 0 Å². The molecule has 7 nitrogen and oxygen atoms in total. The first kappa shape index (κ1) is 28.0. The molecule has 1 atom stereocenters. The number of amides is 2. The monoisotopic (exact) mass is 545 g/mol. The average molecular weight is 546 g/mol. The molecule has 0 saturated heterocycles. The third kappa shape index (κ3) is 6.42. The molecule has 37 heavy (non-hydrogen) atoms. The first-order chi connectivity index (χ1) is 17.1. The highest BCUT2D eigenvalue weighted by Gasteiger charge is 2.37. The number of aromatic nitrogens is 3. The summed E-state index contributed by atoms with van der Waals surface area (Å²) < 4.78 is 79.2. The molecule has 0 radical (unpaired) electrons. The minimum absolute atomic E-state index is 0.0539. The van der Waals surface area contributed by atoms with Crippen LogP contribution in [0.2, 0.25) is 0 Å². The highest BCUT2D eigenvalue weighted by atomic mass is 32.1. The Morgan fingerprint density at radius 1 is 1.03 bits per heavy atom. The molecule has 1 N–H and O–H groups in total. The van der Waals surface area contributed by atoms with Gasteiger partial charge >= 0.3 is 12.4 Å². The minimum Gasteiger partial charge on any atom is -0.344 e. The summed E-state index contributed by atoms with van der Waals surface area (Å²) in [5.74, 6) is -1.43. The molecular weight excluding hydrogens is 524 g/mol. The van der Waals surface area contributed by atoms with Crippen molar-refractivity contribution in [1.29, 1.82) is 0 Å². The molecule has 3 aromatic rings. The Bertz CT molecular complexity index is 1290. The molecule has 2 heterocycles. The van der Waals surface area contributed by atoms with Gasteiger partial charge in [0.1, 0.15) is 15.6 Å². The first-order valence-electron chi connectivity index (χ1n) is 10.8. The quantitative estimate of drug-likeness (QED) is 0.412. The zero-order chi connectivity index (χ0) is 27.7. The zero-order valence-corrected chi connectivity index (χ0v) is 20.8. The molecule has 2 aromatic heterocycles. The number of halogens is 6. The van der Waals surface area contributed by atoms with Crippen molar-refractivity contribution >= 4 is 23.2 Å². The second-order valence-corrected chi connectivity index (χ2v) is 9.11. The Hall–Kier alpha value is -3.55. The molecule has 3 rings (SSSR count). The number of rotatable bonds is 6. The Morgan fingerprint density at radius 2 is 1.62 bits per heavy atom. The molecule has 0 unspecified atom stereocenters. The van der Waals surface area contributed by atoms with Crippen LogP contribution < -0.4 is 5.32 Å². The normalized spacial score (nSPS) is 12.8. The van der Waals surface area contributed by atoms with E-state index in [4.69, 9.17) is 0 Å². The second-order valence-electron chi connectivity index (χ2n) is 8.08. The third-order valence-electron chi connectivity index (χ3n) is 5.27. The van der Waals surface area contributed by atoms with Crippen molar-refractivity contribution in [2.75, 3.05) is 13.6 Å². The fourth-order valence-corrected chi connectivity index (χ4v) is 4.13. The summed E-state index contributed by atoms with van der Waals surface area (Å²) in [6, 6.07) is -0.339. The van der Waals surface area contributed by atoms with E-state index in [0.717, 1.165) is 11.3 Å². The van der Waals surface area contributed by atoms with Crippen LogP contribution in [0.3, 0.4) is 0 Å². The van der Waals surface area contributed by atoms with E-state index in [9.17, 15) is 35.9 Å². The van der Waals surface area contributed by atoms with E-state index in [1.165, 1.54) is 24.2 Å². The van der Waals surface area contributed by atoms with Crippen LogP contribution in [0, 0.1) is 6.92 Å². The van der Waals surface area contributed by atoms with E-state index < -0.39 is 41.0 Å². The van der Waals surface area contributed by atoms with Crippen LogP contribution in [0.1, 0.15) is 62.4 Å². The second kappa shape index (κ2) is 10.4. The Morgan fingerprint density at radius 3 is 2.16 bits per heavy atom. The van der Waals surface area contributed by atoms with Gasteiger partial charge in [0.2, 0.25) is 0 Å². The molecule has 198 valence electrons. The smallest absolute Gasteiger partial charge is 0.344 e. The van der Waals surface area contributed by atoms with Gasteiger partial charge in [0, 0.05) is 25.4 Å². The van der Waals surface area contributed by atoms with Gasteiger partial charge in [-0.1, -0.05) is 0 Å². The highest BCUT2D eigenvalue weighted by Crippen LogP contribution is 2.36. The van der Waals surface area contributed by atoms with E-state index in [1.807, 2.05) is 0 Å². The van der Waals surface area contributed by atoms with Crippen molar-refractivity contribution in [1.82, 2.24) is 25.2 Å². The topological polar surface area (TPSA) is 88.1 Å². The lowest BCUT2D eigenvalue weighted by Crippen LogP contribution is -2.28. The number of nitrogens with one attached hydrogen (secondary N) is 1. The molecule has 1 aromatic carbocycles. The number of alkyl halides is 6. The molecule has 0 bridgehead atoms. The lowest BCUT2D eigenvalue weighted by atomic mass is 10.0. The number of hydrogen-bond donors (Lipinski definition) is 1. The third-order valence-corrected chi connectivity index (χ3v) is 6.26. The maximum atomic E-state index is 13.2. The molecule has 0 aliphatic rings. The van der Waals surface area contributed by atoms with Gasteiger partial charge in [0.15, 0.2) is 0 Å². The predicted octanol–water partition coefficient (Wildman–Crippen LogP) is 5.53. The van der Waals surface area contributed by atoms with Crippen molar-refractivity contribution in [3.8, 4) is 10.7 Å². The van der Waals surface area contributed by atoms with Crippen LogP contribution in [-0.4, -0.2) is 45.3 Å². The van der Waals surface area contributed by atoms with Gasteiger partial charge in [-0.3, -0.25) is 14.6 Å². The van der Waals surface area contributed by atoms with Gasteiger partial charge in [-0.25, -0.2) is 9.97 Å². The van der Waals surface area contributed by atoms with E-state index in [-0.39, 0.29) is 23.4 Å². The molecule has 2 amide bonds. The van der Waals surface area contributed by atoms with Crippen LogP contribution in [-0.2, 0) is 12.4 Å². The number of hydrogen-bond acceptors (Lipinski definition) is 6. The molecule has 0 saturated carbocycles. The largest absolute Gasteiger partial charge is 0.416 e. The van der Waals surface area contributed by atoms with Gasteiger partial charge in [-0.15, -0.1) is 11.3 Å². The Labute approximate surface area is 211 Å². The van der Waals surface area contributed by atoms with E-state index in [2.05, 4.69) is 20.3 Å². The van der Waals surface area contributed by atoms with Crippen LogP contribution in [0.25, 0.3) is 10.7 Å². The molecule has 14 heteroatoms. The Kier molecular flexibility index (Phi) is 7.91. The fourth-order valence-electron chi connectivity index (χ4n) is 3.21. The number of carbonyl (C=O) groups excluding carboxylic acids is 2. The van der Waals surface area contributed by atoms with Gasteiger partial charge < -0.3 is 10.2 Å². The lowest BCUT2D eigenvalue weighted by molar-refractivity contribution is -0.143. The van der Waals surface area contributed by atoms with Crippen LogP contribution in [0.4, 0.5) is 26.3 Å². The van der Waals surface area contributed by atoms with Crippen molar-refractivity contribution in [3.05, 3.63) is 63.5 Å². The summed E-state index contributed by atoms with van der Waals surface area (Å²) in [4.78, 5) is 39.9. The van der Waals surface area contributed by atoms with E-state index in [0.29, 0.717) is 34.3 Å². The van der Waals surface area contributed by atoms with Crippen molar-refractivity contribution in [2.24, 2.45) is 0 Å². The molecular formula is C23H21F6N5O2S. The van der Waals surface area contributed by atoms with Crippen molar-refractivity contribution < 1.29 is 35.9 Å². The van der Waals surface area contributed by atoms with E-state index >= 15 is 0 Å². The number of thiazole rings is 1. The fraction of sp³-hybridized carbons (Fsp3) is 0.348. The lowest BCUT2D eigenvalue weighted by Gasteiger charge is -2.18. The molecule has 0 aliphatic heterocycles. The van der Waals surface area contributed by atoms with Gasteiger partial charge in [-0.05, 0) is 39.0 Å². The summed E-state index contributed by atoms with van der Waals surface area (Å²) in [5, 5.41) is 2.69. The standard InChI is InChI=1S/C23H21F6N5O2S/c1-5-34(4)21(36)16-10-31-20(37-16)18-17(32-11(2)9-30-18)12(3)33-19(35)13-6-14(22(24,25)26)8-15(7-13)23(27,28)29/h6-10,12H,5H2,1-4H3,(H,33,35)/t12-/m0/s1. The number of benzene rings is 1. The highest BCUT2D eigenvalue weighted by molar-refractivity contribution is 7.16. The average Bonchev–Trinajstić information content (AvgIpc) is 3.31. The summed E-state index contributed by atoms with van der Waals surface area (Å²) in [5.41, 5.74) is -3.20. The zero-order valence-electron chi connectivity index (χ0n) is 20.0. The summed E-state index contributed by atoms with van der Waals surface area (Å²) in [6.45, 7) is 5.34. The molecule has 0 spiro atoms. The maximum Gasteiger partial charge on any atom is 0.416 e. The van der Waals surface area contributed by atoms with E-state index in [1.54, 1.807) is 20.9 Å². The number of carbonyl (C=O) groups is 2. The predicted molar refractivity (Wildman–Crippen MR) is 123 cm³/mol. The van der Waals surface area contributed by atoms with Crippen LogP contribution in [0.15, 0.2) is 30.6 Å². The SMILES string of the molecule is CCN(C)C(=O)c1cnc(-c2ncc(C)nc2[C@H](C)NC(=O)c2cc(C(F)(F)F)cc(C(F)(F)F)c2)s1. The van der Waals surface area contributed by atoms with Gasteiger partial charge in [0.25, 0.3) is 11.8 Å². The maximum absolute atomic E-state index is 13.2. The van der Waals surface area contributed by atoms with Crippen molar-refractivity contribution in [2.45, 2.75) is 39.2 Å². The first-order valence-corrected chi connectivity index (χ1v) is 11.6. The number of aryl methyl sites for hydroxylation is 1. The van der Waals surface area contributed by atoms with Gasteiger partial charge in [-0.2, -0.15) is 26.3 Å². The number of nitrogens with zero attached hydrogens (tertiary/aromatic N) is 4. The minimum atomic E-state index is -5.09. The van der Waals surface area contributed by atoms with Crippen LogP contribution >= 0.6 is 11.3 Å². The molecule has 0 aliphatic carbocycles. The summed E-state index contributed by atoms with van der Waals surface area (Å²) >= 11 is 1.03. The summed E-state index contributed by atoms with van der Waals surface area (Å²) in [7, 11) is 1.62.